The Labute approximate surface area is 121 Å². The minimum Gasteiger partial charge on any atom is -0.399 e. The van der Waals surface area contributed by atoms with Gasteiger partial charge in [0.1, 0.15) is 0 Å². The number of aliphatic hydroxyl groups excluding tert-OH is 1. The highest BCUT2D eigenvalue weighted by Gasteiger charge is 2.19. The lowest BCUT2D eigenvalue weighted by Crippen LogP contribution is -2.35. The molecule has 0 aliphatic heterocycles. The van der Waals surface area contributed by atoms with Crippen molar-refractivity contribution in [3.05, 3.63) is 23.8 Å². The molecule has 0 unspecified atom stereocenters. The van der Waals surface area contributed by atoms with Gasteiger partial charge in [-0.05, 0) is 24.6 Å². The van der Waals surface area contributed by atoms with Gasteiger partial charge in [0.2, 0.25) is 0 Å². The van der Waals surface area contributed by atoms with Crippen LogP contribution in [0.15, 0.2) is 18.2 Å². The van der Waals surface area contributed by atoms with Gasteiger partial charge in [-0.3, -0.25) is 4.79 Å². The molecule has 0 saturated heterocycles. The quantitative estimate of drug-likeness (QED) is 0.743. The Morgan fingerprint density at radius 3 is 2.55 bits per heavy atom. The van der Waals surface area contributed by atoms with Gasteiger partial charge in [-0.25, -0.2) is 0 Å². The first kappa shape index (κ1) is 16.3. The van der Waals surface area contributed by atoms with E-state index in [-0.39, 0.29) is 12.5 Å². The molecule has 5 nitrogen and oxygen atoms in total. The van der Waals surface area contributed by atoms with Crippen molar-refractivity contribution < 1.29 is 9.90 Å². The predicted molar refractivity (Wildman–Crippen MR) is 83.1 cm³/mol. The molecule has 0 saturated carbocycles. The number of hydrogen-bond acceptors (Lipinski definition) is 4. The van der Waals surface area contributed by atoms with Gasteiger partial charge >= 0.3 is 0 Å². The molecule has 1 aromatic carbocycles. The Hall–Kier alpha value is -1.75. The van der Waals surface area contributed by atoms with E-state index in [2.05, 4.69) is 6.92 Å². The summed E-state index contributed by atoms with van der Waals surface area (Å²) >= 11 is 0. The van der Waals surface area contributed by atoms with Crippen LogP contribution < -0.4 is 10.6 Å². The smallest absolute Gasteiger partial charge is 0.256 e. The molecule has 1 rings (SSSR count). The molecule has 0 atom stereocenters. The number of benzene rings is 1. The number of unbranched alkanes of at least 4 members (excludes halogenated alkanes) is 1. The highest BCUT2D eigenvalue weighted by molar-refractivity contribution is 6.00. The Balaban J connectivity index is 3.06. The van der Waals surface area contributed by atoms with E-state index in [1.807, 2.05) is 25.1 Å². The Morgan fingerprint density at radius 2 is 2.00 bits per heavy atom. The number of aliphatic hydroxyl groups is 1. The normalized spacial score (nSPS) is 10.4. The molecule has 0 aromatic heterocycles. The summed E-state index contributed by atoms with van der Waals surface area (Å²) in [6.45, 7) is 3.04. The summed E-state index contributed by atoms with van der Waals surface area (Å²) in [5.74, 6) is -0.0801. The van der Waals surface area contributed by atoms with Crippen LogP contribution in [-0.2, 0) is 0 Å². The maximum absolute atomic E-state index is 12.7. The molecular formula is C15H25N3O2. The average molecular weight is 279 g/mol. The molecule has 1 amide bonds. The van der Waals surface area contributed by atoms with Gasteiger partial charge in [-0.15, -0.1) is 0 Å². The molecule has 0 spiro atoms. The van der Waals surface area contributed by atoms with Crippen molar-refractivity contribution >= 4 is 17.3 Å². The molecule has 0 heterocycles. The third kappa shape index (κ3) is 4.13. The minimum atomic E-state index is -0.0801. The average Bonchev–Trinajstić information content (AvgIpc) is 2.42. The maximum Gasteiger partial charge on any atom is 0.256 e. The van der Waals surface area contributed by atoms with Gasteiger partial charge in [-0.1, -0.05) is 13.3 Å². The molecule has 0 fully saturated rings. The van der Waals surface area contributed by atoms with E-state index in [4.69, 9.17) is 10.8 Å². The van der Waals surface area contributed by atoms with Crippen molar-refractivity contribution in [2.24, 2.45) is 0 Å². The summed E-state index contributed by atoms with van der Waals surface area (Å²) in [6, 6.07) is 5.34. The standard InChI is InChI=1S/C15H25N3O2/c1-4-5-8-18(9-10-19)15(20)13-11-12(16)6-7-14(13)17(2)3/h6-7,11,19H,4-5,8-10,16H2,1-3H3. The monoisotopic (exact) mass is 279 g/mol. The number of nitrogens with zero attached hydrogens (tertiary/aromatic N) is 2. The molecule has 0 radical (unpaired) electrons. The van der Waals surface area contributed by atoms with E-state index in [0.29, 0.717) is 24.3 Å². The zero-order valence-electron chi connectivity index (χ0n) is 12.6. The highest BCUT2D eigenvalue weighted by atomic mass is 16.3. The molecule has 112 valence electrons. The first-order valence-corrected chi connectivity index (χ1v) is 6.98. The van der Waals surface area contributed by atoms with Crippen molar-refractivity contribution in [3.63, 3.8) is 0 Å². The molecule has 1 aromatic rings. The van der Waals surface area contributed by atoms with Crippen LogP contribution >= 0.6 is 0 Å². The van der Waals surface area contributed by atoms with Gasteiger partial charge < -0.3 is 20.6 Å². The molecule has 5 heteroatoms. The first-order valence-electron chi connectivity index (χ1n) is 6.98. The van der Waals surface area contributed by atoms with E-state index in [9.17, 15) is 4.79 Å². The Kier molecular flexibility index (Phi) is 6.31. The van der Waals surface area contributed by atoms with Crippen LogP contribution in [0.4, 0.5) is 11.4 Å². The molecule has 0 aliphatic carbocycles. The fourth-order valence-electron chi connectivity index (χ4n) is 2.07. The topological polar surface area (TPSA) is 69.8 Å². The Morgan fingerprint density at radius 1 is 1.30 bits per heavy atom. The third-order valence-electron chi connectivity index (χ3n) is 3.17. The number of rotatable bonds is 7. The van der Waals surface area contributed by atoms with Crippen LogP contribution in [0.3, 0.4) is 0 Å². The fraction of sp³-hybridized carbons (Fsp3) is 0.533. The number of amides is 1. The van der Waals surface area contributed by atoms with E-state index < -0.39 is 0 Å². The van der Waals surface area contributed by atoms with Gasteiger partial charge in [0, 0.05) is 38.6 Å². The summed E-state index contributed by atoms with van der Waals surface area (Å²) in [5, 5.41) is 9.14. The second-order valence-electron chi connectivity index (χ2n) is 5.04. The number of anilines is 2. The lowest BCUT2D eigenvalue weighted by molar-refractivity contribution is 0.0720. The number of nitrogens with two attached hydrogens (primary N) is 1. The second kappa shape index (κ2) is 7.75. The molecule has 0 bridgehead atoms. The van der Waals surface area contributed by atoms with Crippen LogP contribution in [0.2, 0.25) is 0 Å². The highest BCUT2D eigenvalue weighted by Crippen LogP contribution is 2.23. The largest absolute Gasteiger partial charge is 0.399 e. The molecule has 3 N–H and O–H groups in total. The molecular weight excluding hydrogens is 254 g/mol. The minimum absolute atomic E-state index is 0.0327. The fourth-order valence-corrected chi connectivity index (χ4v) is 2.07. The van der Waals surface area contributed by atoms with Gasteiger partial charge in [0.25, 0.3) is 5.91 Å². The molecule has 0 aliphatic rings. The van der Waals surface area contributed by atoms with Gasteiger partial charge in [0.05, 0.1) is 12.2 Å². The third-order valence-corrected chi connectivity index (χ3v) is 3.17. The molecule has 20 heavy (non-hydrogen) atoms. The summed E-state index contributed by atoms with van der Waals surface area (Å²) in [7, 11) is 3.79. The van der Waals surface area contributed by atoms with Crippen LogP contribution in [0.25, 0.3) is 0 Å². The van der Waals surface area contributed by atoms with Crippen molar-refractivity contribution in [1.29, 1.82) is 0 Å². The van der Waals surface area contributed by atoms with E-state index >= 15 is 0 Å². The zero-order chi connectivity index (χ0) is 15.1. The predicted octanol–water partition coefficient (Wildman–Crippen LogP) is 1.57. The van der Waals surface area contributed by atoms with E-state index in [1.54, 1.807) is 17.0 Å². The number of nitrogen functional groups attached to an aromatic ring is 1. The number of carbonyl (C=O) groups is 1. The number of hydrogen-bond donors (Lipinski definition) is 2. The van der Waals surface area contributed by atoms with Crippen molar-refractivity contribution in [2.45, 2.75) is 19.8 Å². The second-order valence-corrected chi connectivity index (χ2v) is 5.04. The van der Waals surface area contributed by atoms with Crippen molar-refractivity contribution in [2.75, 3.05) is 44.4 Å². The summed E-state index contributed by atoms with van der Waals surface area (Å²) < 4.78 is 0. The maximum atomic E-state index is 12.7. The Bertz CT molecular complexity index is 447. The summed E-state index contributed by atoms with van der Waals surface area (Å²) in [4.78, 5) is 16.2. The summed E-state index contributed by atoms with van der Waals surface area (Å²) in [5.41, 5.74) is 7.79. The van der Waals surface area contributed by atoms with Crippen molar-refractivity contribution in [3.8, 4) is 0 Å². The van der Waals surface area contributed by atoms with E-state index in [0.717, 1.165) is 18.5 Å². The van der Waals surface area contributed by atoms with Crippen LogP contribution in [0, 0.1) is 0 Å². The van der Waals surface area contributed by atoms with Crippen LogP contribution in [0.5, 0.6) is 0 Å². The van der Waals surface area contributed by atoms with E-state index in [1.165, 1.54) is 0 Å². The van der Waals surface area contributed by atoms with Gasteiger partial charge in [0.15, 0.2) is 0 Å². The zero-order valence-corrected chi connectivity index (χ0v) is 12.6. The van der Waals surface area contributed by atoms with Gasteiger partial charge in [-0.2, -0.15) is 0 Å². The SMILES string of the molecule is CCCCN(CCO)C(=O)c1cc(N)ccc1N(C)C. The first-order chi connectivity index (χ1) is 9.51. The number of carbonyl (C=O) groups excluding carboxylic acids is 1. The summed E-state index contributed by atoms with van der Waals surface area (Å²) in [6.07, 6.45) is 1.93. The van der Waals surface area contributed by atoms with Crippen LogP contribution in [0.1, 0.15) is 30.1 Å². The van der Waals surface area contributed by atoms with Crippen LogP contribution in [-0.4, -0.2) is 49.7 Å². The lowest BCUT2D eigenvalue weighted by atomic mass is 10.1. The van der Waals surface area contributed by atoms with Crippen molar-refractivity contribution in [1.82, 2.24) is 4.90 Å². The lowest BCUT2D eigenvalue weighted by Gasteiger charge is -2.25.